The Morgan fingerprint density at radius 3 is 2.39 bits per heavy atom. The van der Waals surface area contributed by atoms with E-state index in [4.69, 9.17) is 33.7 Å². The van der Waals surface area contributed by atoms with Gasteiger partial charge in [-0.15, -0.1) is 0 Å². The Balaban J connectivity index is 1.58. The van der Waals surface area contributed by atoms with E-state index in [0.717, 1.165) is 24.2 Å². The van der Waals surface area contributed by atoms with Gasteiger partial charge >= 0.3 is 0 Å². The molecule has 1 aliphatic rings. The second-order valence-electron chi connectivity index (χ2n) is 7.72. The first-order valence-corrected chi connectivity index (χ1v) is 10.9. The van der Waals surface area contributed by atoms with Crippen molar-refractivity contribution in [3.05, 3.63) is 70.1 Å². The van der Waals surface area contributed by atoms with Crippen LogP contribution in [0, 0.1) is 0 Å². The van der Waals surface area contributed by atoms with Crippen molar-refractivity contribution in [3.63, 3.8) is 0 Å². The van der Waals surface area contributed by atoms with Crippen LogP contribution in [0.5, 0.6) is 5.75 Å². The second-order valence-corrected chi connectivity index (χ2v) is 8.53. The molecule has 8 heteroatoms. The number of rotatable bonds is 5. The second kappa shape index (κ2) is 9.01. The fourth-order valence-corrected chi connectivity index (χ4v) is 4.50. The minimum absolute atomic E-state index is 0.271. The molecule has 3 aromatic rings. The van der Waals surface area contributed by atoms with Gasteiger partial charge in [0.2, 0.25) is 0 Å². The zero-order valence-electron chi connectivity index (χ0n) is 17.1. The summed E-state index contributed by atoms with van der Waals surface area (Å²) in [6.45, 7) is 3.40. The van der Waals surface area contributed by atoms with Crippen molar-refractivity contribution in [3.8, 4) is 16.9 Å². The third kappa shape index (κ3) is 4.62. The number of aromatic nitrogens is 2. The van der Waals surface area contributed by atoms with Crippen LogP contribution in [0.15, 0.2) is 48.8 Å². The molecule has 4 rings (SSSR count). The molecule has 0 radical (unpaired) electrons. The topological polar surface area (TPSA) is 93.3 Å². The van der Waals surface area contributed by atoms with Gasteiger partial charge in [0.1, 0.15) is 11.7 Å². The van der Waals surface area contributed by atoms with E-state index in [1.54, 1.807) is 30.6 Å². The van der Waals surface area contributed by atoms with Gasteiger partial charge in [0, 0.05) is 39.1 Å². The van der Waals surface area contributed by atoms with Crippen LogP contribution < -0.4 is 15.8 Å². The predicted octanol–water partition coefficient (Wildman–Crippen LogP) is 4.74. The largest absolute Gasteiger partial charge is 0.482 e. The number of anilines is 1. The molecule has 1 aromatic carbocycles. The molecule has 4 N–H and O–H groups in total. The molecule has 1 aliphatic heterocycles. The summed E-state index contributed by atoms with van der Waals surface area (Å²) in [5.41, 5.74) is 8.19. The third-order valence-electron chi connectivity index (χ3n) is 5.60. The molecule has 1 atom stereocenters. The first-order chi connectivity index (χ1) is 14.9. The highest BCUT2D eigenvalue weighted by Gasteiger charge is 2.32. The molecule has 0 aliphatic carbocycles. The summed E-state index contributed by atoms with van der Waals surface area (Å²) in [6.07, 6.45) is 4.27. The van der Waals surface area contributed by atoms with Crippen molar-refractivity contribution in [1.82, 2.24) is 15.3 Å². The number of piperidine rings is 1. The molecule has 162 valence electrons. The summed E-state index contributed by atoms with van der Waals surface area (Å²) < 4.78 is 6.07. The van der Waals surface area contributed by atoms with Crippen molar-refractivity contribution in [2.24, 2.45) is 0 Å². The van der Waals surface area contributed by atoms with Crippen molar-refractivity contribution < 1.29 is 9.84 Å². The standard InChI is InChI=1S/C23H24Cl2N4O2/c1-14(21-17(24)3-2-4-18(21)25)31-19-11-16(13-29-22(19)26)15-5-6-20(28-12-15)23(30)7-9-27-10-8-23/h2-6,11-14,27,30H,7-10H2,1H3,(H2,26,29). The van der Waals surface area contributed by atoms with Gasteiger partial charge in [-0.05, 0) is 57.1 Å². The minimum atomic E-state index is -0.888. The first-order valence-electron chi connectivity index (χ1n) is 10.1. The van der Waals surface area contributed by atoms with Gasteiger partial charge in [-0.2, -0.15) is 0 Å². The smallest absolute Gasteiger partial charge is 0.166 e. The summed E-state index contributed by atoms with van der Waals surface area (Å²) in [4.78, 5) is 8.80. The van der Waals surface area contributed by atoms with Gasteiger partial charge in [-0.3, -0.25) is 4.98 Å². The molecular formula is C23H24Cl2N4O2. The molecule has 1 unspecified atom stereocenters. The number of hydrogen-bond donors (Lipinski definition) is 3. The average Bonchev–Trinajstić information content (AvgIpc) is 2.76. The van der Waals surface area contributed by atoms with Crippen LogP contribution in [-0.2, 0) is 5.60 Å². The first kappa shape index (κ1) is 21.8. The Morgan fingerprint density at radius 1 is 1.06 bits per heavy atom. The lowest BCUT2D eigenvalue weighted by Gasteiger charge is -2.32. The Kier molecular flexibility index (Phi) is 6.34. The van der Waals surface area contributed by atoms with Crippen molar-refractivity contribution in [2.45, 2.75) is 31.5 Å². The average molecular weight is 459 g/mol. The molecule has 6 nitrogen and oxygen atoms in total. The Labute approximate surface area is 191 Å². The summed E-state index contributed by atoms with van der Waals surface area (Å²) in [6, 6.07) is 10.9. The highest BCUT2D eigenvalue weighted by Crippen LogP contribution is 2.36. The number of nitrogens with zero attached hydrogens (tertiary/aromatic N) is 2. The summed E-state index contributed by atoms with van der Waals surface area (Å²) in [7, 11) is 0. The van der Waals surface area contributed by atoms with Crippen molar-refractivity contribution in [2.75, 3.05) is 18.8 Å². The van der Waals surface area contributed by atoms with E-state index < -0.39 is 11.7 Å². The normalized spacial score (nSPS) is 16.6. The lowest BCUT2D eigenvalue weighted by molar-refractivity contribution is 0.00190. The van der Waals surface area contributed by atoms with Crippen LogP contribution in [0.25, 0.3) is 11.1 Å². The number of pyridine rings is 2. The predicted molar refractivity (Wildman–Crippen MR) is 123 cm³/mol. The third-order valence-corrected chi connectivity index (χ3v) is 6.26. The van der Waals surface area contributed by atoms with E-state index in [1.807, 2.05) is 25.1 Å². The Hall–Kier alpha value is -2.38. The number of halogens is 2. The molecule has 1 fully saturated rings. The lowest BCUT2D eigenvalue weighted by atomic mass is 9.88. The molecule has 31 heavy (non-hydrogen) atoms. The highest BCUT2D eigenvalue weighted by molar-refractivity contribution is 6.36. The lowest BCUT2D eigenvalue weighted by Crippen LogP contribution is -2.40. The van der Waals surface area contributed by atoms with Crippen LogP contribution in [0.4, 0.5) is 5.82 Å². The number of hydrogen-bond acceptors (Lipinski definition) is 6. The van der Waals surface area contributed by atoms with E-state index in [9.17, 15) is 5.11 Å². The molecule has 0 bridgehead atoms. The zero-order valence-corrected chi connectivity index (χ0v) is 18.6. The fourth-order valence-electron chi connectivity index (χ4n) is 3.79. The Morgan fingerprint density at radius 2 is 1.74 bits per heavy atom. The van der Waals surface area contributed by atoms with Gasteiger partial charge in [-0.25, -0.2) is 4.98 Å². The van der Waals surface area contributed by atoms with Crippen LogP contribution in [0.3, 0.4) is 0 Å². The molecule has 1 saturated heterocycles. The summed E-state index contributed by atoms with van der Waals surface area (Å²) in [5, 5.41) is 15.2. The number of ether oxygens (including phenoxy) is 1. The maximum atomic E-state index is 10.9. The number of aliphatic hydroxyl groups is 1. The van der Waals surface area contributed by atoms with E-state index in [2.05, 4.69) is 15.3 Å². The minimum Gasteiger partial charge on any atom is -0.482 e. The van der Waals surface area contributed by atoms with E-state index in [-0.39, 0.29) is 5.82 Å². The highest BCUT2D eigenvalue weighted by atomic mass is 35.5. The number of nitrogens with two attached hydrogens (primary N) is 1. The van der Waals surface area contributed by atoms with Gasteiger partial charge in [0.15, 0.2) is 11.6 Å². The maximum Gasteiger partial charge on any atom is 0.166 e. The molecule has 0 amide bonds. The van der Waals surface area contributed by atoms with Crippen LogP contribution >= 0.6 is 23.2 Å². The molecular weight excluding hydrogens is 435 g/mol. The number of nitrogens with one attached hydrogen (secondary N) is 1. The molecule has 0 saturated carbocycles. The van der Waals surface area contributed by atoms with E-state index in [1.165, 1.54) is 0 Å². The van der Waals surface area contributed by atoms with Gasteiger partial charge in [0.05, 0.1) is 5.69 Å². The zero-order chi connectivity index (χ0) is 22.0. The maximum absolute atomic E-state index is 10.9. The fraction of sp³-hybridized carbons (Fsp3) is 0.304. The summed E-state index contributed by atoms with van der Waals surface area (Å²) in [5.74, 6) is 0.703. The number of nitrogen functional groups attached to an aromatic ring is 1. The van der Waals surface area contributed by atoms with E-state index >= 15 is 0 Å². The quantitative estimate of drug-likeness (QED) is 0.510. The van der Waals surface area contributed by atoms with Crippen molar-refractivity contribution in [1.29, 1.82) is 0 Å². The summed E-state index contributed by atoms with van der Waals surface area (Å²) >= 11 is 12.6. The Bertz CT molecular complexity index is 1050. The SMILES string of the molecule is CC(Oc1cc(-c2ccc(C3(O)CCNCC3)nc2)cnc1N)c1c(Cl)cccc1Cl. The monoisotopic (exact) mass is 458 g/mol. The van der Waals surface area contributed by atoms with Crippen molar-refractivity contribution >= 4 is 29.0 Å². The van der Waals surface area contributed by atoms with Gasteiger partial charge < -0.3 is 20.9 Å². The van der Waals surface area contributed by atoms with Gasteiger partial charge in [0.25, 0.3) is 0 Å². The molecule has 0 spiro atoms. The van der Waals surface area contributed by atoms with Gasteiger partial charge in [-0.1, -0.05) is 35.3 Å². The number of benzene rings is 1. The van der Waals surface area contributed by atoms with Crippen LogP contribution in [0.2, 0.25) is 10.0 Å². The molecule has 2 aromatic heterocycles. The van der Waals surface area contributed by atoms with E-state index in [0.29, 0.717) is 39.9 Å². The van der Waals surface area contributed by atoms with Crippen LogP contribution in [0.1, 0.15) is 37.1 Å². The van der Waals surface area contributed by atoms with Crippen LogP contribution in [-0.4, -0.2) is 28.2 Å². The molecule has 3 heterocycles.